The van der Waals surface area contributed by atoms with E-state index in [1.807, 2.05) is 4.90 Å². The molecule has 1 aliphatic rings. The summed E-state index contributed by atoms with van der Waals surface area (Å²) in [5.41, 5.74) is 0.365. The fourth-order valence-electron chi connectivity index (χ4n) is 2.20. The van der Waals surface area contributed by atoms with Crippen LogP contribution in [0.4, 0.5) is 4.39 Å². The van der Waals surface area contributed by atoms with E-state index in [0.29, 0.717) is 18.0 Å². The van der Waals surface area contributed by atoms with Gasteiger partial charge in [-0.15, -0.1) is 11.6 Å². The van der Waals surface area contributed by atoms with E-state index in [2.05, 4.69) is 0 Å². The third-order valence-electron chi connectivity index (χ3n) is 3.47. The van der Waals surface area contributed by atoms with Gasteiger partial charge >= 0.3 is 0 Å². The molecule has 0 atom stereocenters. The first-order valence-electron chi connectivity index (χ1n) is 6.45. The molecule has 0 aromatic heterocycles. The molecule has 5 heteroatoms. The Morgan fingerprint density at radius 3 is 2.68 bits per heavy atom. The number of benzene rings is 1. The minimum absolute atomic E-state index is 0.125. The van der Waals surface area contributed by atoms with Crippen LogP contribution in [0, 0.1) is 5.82 Å². The second-order valence-electron chi connectivity index (χ2n) is 4.75. The summed E-state index contributed by atoms with van der Waals surface area (Å²) in [6.45, 7) is 0.626. The molecule has 0 N–H and O–H groups in total. The highest BCUT2D eigenvalue weighted by atomic mass is 35.5. The number of hydrogen-bond donors (Lipinski definition) is 0. The molecular formula is C14H16Cl2FNO. The first-order chi connectivity index (χ1) is 9.13. The van der Waals surface area contributed by atoms with Gasteiger partial charge in [0.25, 0.3) is 5.91 Å². The Morgan fingerprint density at radius 2 is 2.16 bits per heavy atom. The van der Waals surface area contributed by atoms with Crippen molar-refractivity contribution < 1.29 is 9.18 Å². The van der Waals surface area contributed by atoms with Crippen molar-refractivity contribution in [2.45, 2.75) is 31.7 Å². The third-order valence-corrected chi connectivity index (χ3v) is 4.05. The van der Waals surface area contributed by atoms with Crippen LogP contribution >= 0.6 is 23.2 Å². The van der Waals surface area contributed by atoms with E-state index < -0.39 is 5.82 Å². The van der Waals surface area contributed by atoms with Crippen LogP contribution in [0.3, 0.4) is 0 Å². The molecule has 1 amide bonds. The maximum atomic E-state index is 13.0. The number of amides is 1. The second kappa shape index (κ2) is 6.58. The molecule has 0 spiro atoms. The largest absolute Gasteiger partial charge is 0.336 e. The van der Waals surface area contributed by atoms with Gasteiger partial charge in [-0.25, -0.2) is 4.39 Å². The smallest absolute Gasteiger partial charge is 0.255 e. The topological polar surface area (TPSA) is 20.3 Å². The molecular weight excluding hydrogens is 288 g/mol. The van der Waals surface area contributed by atoms with Crippen molar-refractivity contribution in [3.8, 4) is 0 Å². The first-order valence-corrected chi connectivity index (χ1v) is 7.36. The molecule has 2 rings (SSSR count). The minimum Gasteiger partial charge on any atom is -0.336 e. The maximum absolute atomic E-state index is 13.0. The van der Waals surface area contributed by atoms with Gasteiger partial charge in [-0.2, -0.15) is 0 Å². The SMILES string of the molecule is O=C(c1ccc(F)cc1Cl)N(CCCCl)C1CCC1. The number of carbonyl (C=O) groups excluding carboxylic acids is 1. The molecule has 1 aromatic rings. The molecule has 0 unspecified atom stereocenters. The average Bonchev–Trinajstić information content (AvgIpc) is 2.31. The van der Waals surface area contributed by atoms with E-state index in [1.165, 1.54) is 18.2 Å². The summed E-state index contributed by atoms with van der Waals surface area (Å²) in [7, 11) is 0. The van der Waals surface area contributed by atoms with Crippen LogP contribution in [0.2, 0.25) is 5.02 Å². The fourth-order valence-corrected chi connectivity index (χ4v) is 2.56. The quantitative estimate of drug-likeness (QED) is 0.750. The Balaban J connectivity index is 2.17. The lowest BCUT2D eigenvalue weighted by Gasteiger charge is -2.37. The Hall–Kier alpha value is -0.800. The summed E-state index contributed by atoms with van der Waals surface area (Å²) in [5, 5.41) is 0.167. The van der Waals surface area contributed by atoms with Crippen LogP contribution in [0.1, 0.15) is 36.0 Å². The zero-order valence-electron chi connectivity index (χ0n) is 10.5. The van der Waals surface area contributed by atoms with Crippen LogP contribution in [-0.2, 0) is 0 Å². The number of nitrogens with zero attached hydrogens (tertiary/aromatic N) is 1. The highest BCUT2D eigenvalue weighted by Crippen LogP contribution is 2.28. The predicted octanol–water partition coefficient (Wildman–Crippen LogP) is 4.10. The molecule has 0 aliphatic heterocycles. The highest BCUT2D eigenvalue weighted by Gasteiger charge is 2.29. The van der Waals surface area contributed by atoms with Gasteiger partial charge < -0.3 is 4.90 Å². The van der Waals surface area contributed by atoms with E-state index in [4.69, 9.17) is 23.2 Å². The van der Waals surface area contributed by atoms with E-state index in [9.17, 15) is 9.18 Å². The van der Waals surface area contributed by atoms with Crippen LogP contribution in [-0.4, -0.2) is 29.3 Å². The monoisotopic (exact) mass is 303 g/mol. The van der Waals surface area contributed by atoms with Gasteiger partial charge in [0.1, 0.15) is 5.82 Å². The number of halogens is 3. The minimum atomic E-state index is -0.433. The van der Waals surface area contributed by atoms with Gasteiger partial charge in [-0.05, 0) is 43.9 Å². The van der Waals surface area contributed by atoms with E-state index in [1.54, 1.807) is 0 Å². The number of rotatable bonds is 5. The van der Waals surface area contributed by atoms with Gasteiger partial charge in [0.2, 0.25) is 0 Å². The molecule has 1 fully saturated rings. The Bertz CT molecular complexity index is 463. The van der Waals surface area contributed by atoms with E-state index in [0.717, 1.165) is 25.7 Å². The van der Waals surface area contributed by atoms with Crippen LogP contribution < -0.4 is 0 Å². The molecule has 0 radical (unpaired) electrons. The summed E-state index contributed by atoms with van der Waals surface area (Å²) >= 11 is 11.7. The fraction of sp³-hybridized carbons (Fsp3) is 0.500. The van der Waals surface area contributed by atoms with Gasteiger partial charge in [0, 0.05) is 18.5 Å². The highest BCUT2D eigenvalue weighted by molar-refractivity contribution is 6.33. The summed E-state index contributed by atoms with van der Waals surface area (Å²) < 4.78 is 13.0. The molecule has 1 aliphatic carbocycles. The summed E-state index contributed by atoms with van der Waals surface area (Å²) in [6.07, 6.45) is 3.94. The zero-order chi connectivity index (χ0) is 13.8. The van der Waals surface area contributed by atoms with Crippen LogP contribution in [0.25, 0.3) is 0 Å². The molecule has 19 heavy (non-hydrogen) atoms. The average molecular weight is 304 g/mol. The Morgan fingerprint density at radius 1 is 1.42 bits per heavy atom. The Kier molecular flexibility index (Phi) is 5.06. The van der Waals surface area contributed by atoms with Crippen molar-refractivity contribution in [2.75, 3.05) is 12.4 Å². The normalized spacial score (nSPS) is 15.1. The van der Waals surface area contributed by atoms with Gasteiger partial charge in [0.05, 0.1) is 10.6 Å². The van der Waals surface area contributed by atoms with Gasteiger partial charge in [-0.3, -0.25) is 4.79 Å². The molecule has 0 heterocycles. The van der Waals surface area contributed by atoms with Crippen molar-refractivity contribution >= 4 is 29.1 Å². The first kappa shape index (κ1) is 14.6. The maximum Gasteiger partial charge on any atom is 0.255 e. The summed E-state index contributed by atoms with van der Waals surface area (Å²) in [6, 6.07) is 4.16. The van der Waals surface area contributed by atoms with Crippen LogP contribution in [0.15, 0.2) is 18.2 Å². The number of hydrogen-bond acceptors (Lipinski definition) is 1. The van der Waals surface area contributed by atoms with Gasteiger partial charge in [-0.1, -0.05) is 11.6 Å². The number of alkyl halides is 1. The van der Waals surface area contributed by atoms with E-state index in [-0.39, 0.29) is 17.0 Å². The lowest BCUT2D eigenvalue weighted by Crippen LogP contribution is -2.45. The Labute approximate surface area is 122 Å². The van der Waals surface area contributed by atoms with Crippen molar-refractivity contribution in [3.63, 3.8) is 0 Å². The summed E-state index contributed by atoms with van der Waals surface area (Å²) in [5.74, 6) is -0.0366. The number of carbonyl (C=O) groups is 1. The molecule has 2 nitrogen and oxygen atoms in total. The molecule has 104 valence electrons. The zero-order valence-corrected chi connectivity index (χ0v) is 12.1. The lowest BCUT2D eigenvalue weighted by atomic mass is 9.91. The predicted molar refractivity (Wildman–Crippen MR) is 75.4 cm³/mol. The summed E-state index contributed by atoms with van der Waals surface area (Å²) in [4.78, 5) is 14.3. The second-order valence-corrected chi connectivity index (χ2v) is 5.54. The molecule has 0 bridgehead atoms. The van der Waals surface area contributed by atoms with Crippen molar-refractivity contribution in [2.24, 2.45) is 0 Å². The van der Waals surface area contributed by atoms with Crippen molar-refractivity contribution in [1.82, 2.24) is 4.90 Å². The van der Waals surface area contributed by atoms with Crippen LogP contribution in [0.5, 0.6) is 0 Å². The van der Waals surface area contributed by atoms with Crippen molar-refractivity contribution in [3.05, 3.63) is 34.6 Å². The third kappa shape index (κ3) is 3.40. The lowest BCUT2D eigenvalue weighted by molar-refractivity contribution is 0.0581. The van der Waals surface area contributed by atoms with E-state index >= 15 is 0 Å². The van der Waals surface area contributed by atoms with Crippen molar-refractivity contribution in [1.29, 1.82) is 0 Å². The molecule has 1 aromatic carbocycles. The molecule has 0 saturated heterocycles. The van der Waals surface area contributed by atoms with Gasteiger partial charge in [0.15, 0.2) is 0 Å². The standard InChI is InChI=1S/C14H16Cl2FNO/c15-7-2-8-18(11-3-1-4-11)14(19)12-6-5-10(17)9-13(12)16/h5-6,9,11H,1-4,7-8H2. The molecule has 1 saturated carbocycles.